The highest BCUT2D eigenvalue weighted by Gasteiger charge is 2.16. The average Bonchev–Trinajstić information content (AvgIpc) is 2.38. The van der Waals surface area contributed by atoms with Gasteiger partial charge in [0.25, 0.3) is 0 Å². The quantitative estimate of drug-likeness (QED) is 0.678. The van der Waals surface area contributed by atoms with E-state index >= 15 is 0 Å². The molecule has 0 saturated carbocycles. The summed E-state index contributed by atoms with van der Waals surface area (Å²) in [7, 11) is 0. The first kappa shape index (κ1) is 15.2. The Kier molecular flexibility index (Phi) is 4.37. The first-order valence-electron chi connectivity index (χ1n) is 5.89. The third kappa shape index (κ3) is 3.46. The second-order valence-electron chi connectivity index (χ2n) is 4.27. The van der Waals surface area contributed by atoms with Crippen LogP contribution in [0.2, 0.25) is 0 Å². The van der Waals surface area contributed by atoms with Gasteiger partial charge in [-0.05, 0) is 37.3 Å². The van der Waals surface area contributed by atoms with Gasteiger partial charge in [0.15, 0.2) is 5.78 Å². The van der Waals surface area contributed by atoms with Crippen molar-refractivity contribution in [3.63, 3.8) is 0 Å². The molecule has 0 spiro atoms. The van der Waals surface area contributed by atoms with Gasteiger partial charge in [-0.3, -0.25) is 4.79 Å². The van der Waals surface area contributed by atoms with E-state index < -0.39 is 28.5 Å². The van der Waals surface area contributed by atoms with Crippen LogP contribution in [0.15, 0.2) is 44.0 Å². The maximum atomic E-state index is 13.5. The summed E-state index contributed by atoms with van der Waals surface area (Å²) >= 11 is 3.19. The predicted octanol–water partition coefficient (Wildman–Crippen LogP) is 3.45. The minimum absolute atomic E-state index is 0.175. The van der Waals surface area contributed by atoms with Crippen molar-refractivity contribution in [3.8, 4) is 5.75 Å². The number of rotatable bonds is 3. The summed E-state index contributed by atoms with van der Waals surface area (Å²) in [5, 5.41) is 9.64. The Bertz CT molecular complexity index is 793. The Labute approximate surface area is 127 Å². The van der Waals surface area contributed by atoms with Crippen molar-refractivity contribution in [3.05, 3.63) is 67.9 Å². The van der Waals surface area contributed by atoms with Gasteiger partial charge in [0.1, 0.15) is 22.9 Å². The molecule has 2 rings (SSSR count). The maximum Gasteiger partial charge on any atom is 0.351 e. The summed E-state index contributed by atoms with van der Waals surface area (Å²) in [4.78, 5) is 23.5. The summed E-state index contributed by atoms with van der Waals surface area (Å²) in [6.45, 7) is 1.47. The molecule has 1 aromatic heterocycles. The predicted molar refractivity (Wildman–Crippen MR) is 78.8 cm³/mol. The van der Waals surface area contributed by atoms with Gasteiger partial charge in [-0.25, -0.2) is 9.18 Å². The number of hydrogen-bond acceptors (Lipinski definition) is 4. The smallest absolute Gasteiger partial charge is 0.351 e. The van der Waals surface area contributed by atoms with Gasteiger partial charge in [-0.1, -0.05) is 15.9 Å². The molecule has 0 radical (unpaired) electrons. The summed E-state index contributed by atoms with van der Waals surface area (Å²) in [6, 6.07) is 5.42. The Hall–Kier alpha value is -2.21. The van der Waals surface area contributed by atoms with Crippen molar-refractivity contribution < 1.29 is 18.7 Å². The Morgan fingerprint density at radius 2 is 2.10 bits per heavy atom. The fourth-order valence-corrected chi connectivity index (χ4v) is 2.09. The highest BCUT2D eigenvalue weighted by molar-refractivity contribution is 9.10. The second kappa shape index (κ2) is 6.05. The molecule has 4 nitrogen and oxygen atoms in total. The third-order valence-electron chi connectivity index (χ3n) is 2.67. The lowest BCUT2D eigenvalue weighted by molar-refractivity contribution is 0.104. The number of allylic oxidation sites excluding steroid dienone is 1. The second-order valence-corrected chi connectivity index (χ2v) is 5.18. The zero-order chi connectivity index (χ0) is 15.6. The van der Waals surface area contributed by atoms with Gasteiger partial charge in [0.2, 0.25) is 0 Å². The number of halogens is 2. The molecule has 0 saturated heterocycles. The highest BCUT2D eigenvalue weighted by atomic mass is 79.9. The van der Waals surface area contributed by atoms with Crippen molar-refractivity contribution in [2.75, 3.05) is 0 Å². The molecule has 0 amide bonds. The Balaban J connectivity index is 2.36. The summed E-state index contributed by atoms with van der Waals surface area (Å²) in [5.41, 5.74) is -1.24. The molecule has 0 atom stereocenters. The zero-order valence-corrected chi connectivity index (χ0v) is 12.5. The van der Waals surface area contributed by atoms with Gasteiger partial charge >= 0.3 is 5.63 Å². The van der Waals surface area contributed by atoms with E-state index in [4.69, 9.17) is 4.42 Å². The lowest BCUT2D eigenvalue weighted by Gasteiger charge is -2.00. The van der Waals surface area contributed by atoms with E-state index in [1.165, 1.54) is 37.3 Å². The Morgan fingerprint density at radius 3 is 2.76 bits per heavy atom. The van der Waals surface area contributed by atoms with E-state index in [0.717, 1.165) is 6.08 Å². The number of aryl methyl sites for hydroxylation is 1. The summed E-state index contributed by atoms with van der Waals surface area (Å²) < 4.78 is 18.9. The molecule has 1 heterocycles. The van der Waals surface area contributed by atoms with Crippen LogP contribution in [0.25, 0.3) is 6.08 Å². The molecular weight excluding hydrogens is 343 g/mol. The highest BCUT2D eigenvalue weighted by Crippen LogP contribution is 2.19. The number of carbonyl (C=O) groups excluding carboxylic acids is 1. The maximum absolute atomic E-state index is 13.5. The minimum Gasteiger partial charge on any atom is -0.507 e. The van der Waals surface area contributed by atoms with E-state index in [1.54, 1.807) is 0 Å². The normalized spacial score (nSPS) is 11.0. The van der Waals surface area contributed by atoms with Crippen molar-refractivity contribution in [2.45, 2.75) is 6.92 Å². The van der Waals surface area contributed by atoms with Crippen molar-refractivity contribution in [2.24, 2.45) is 0 Å². The lowest BCUT2D eigenvalue weighted by atomic mass is 10.1. The first-order chi connectivity index (χ1) is 9.88. The largest absolute Gasteiger partial charge is 0.507 e. The fraction of sp³-hybridized carbons (Fsp3) is 0.0667. The van der Waals surface area contributed by atoms with E-state index in [-0.39, 0.29) is 11.3 Å². The topological polar surface area (TPSA) is 67.5 Å². The lowest BCUT2D eigenvalue weighted by Crippen LogP contribution is -2.13. The molecule has 0 aliphatic heterocycles. The van der Waals surface area contributed by atoms with Crippen LogP contribution in [0, 0.1) is 12.7 Å². The van der Waals surface area contributed by atoms with E-state index in [2.05, 4.69) is 15.9 Å². The molecule has 0 unspecified atom stereocenters. The number of benzene rings is 1. The molecular formula is C15H10BrFO4. The van der Waals surface area contributed by atoms with Crippen LogP contribution in [0.1, 0.15) is 21.7 Å². The van der Waals surface area contributed by atoms with Crippen LogP contribution in [-0.2, 0) is 0 Å². The summed E-state index contributed by atoms with van der Waals surface area (Å²) in [6.07, 6.45) is 2.23. The van der Waals surface area contributed by atoms with Crippen LogP contribution in [0.5, 0.6) is 5.75 Å². The SMILES string of the molecule is Cc1cc(O)c(C(=O)C=Cc2cc(Br)ccc2F)c(=O)o1. The standard InChI is InChI=1S/C15H10BrFO4/c1-8-6-13(19)14(15(20)21-8)12(18)5-2-9-7-10(16)3-4-11(9)17/h2-7,19H,1H3. The van der Waals surface area contributed by atoms with E-state index in [9.17, 15) is 19.1 Å². The zero-order valence-electron chi connectivity index (χ0n) is 10.9. The van der Waals surface area contributed by atoms with Crippen LogP contribution in [-0.4, -0.2) is 10.9 Å². The van der Waals surface area contributed by atoms with Crippen LogP contribution < -0.4 is 5.63 Å². The van der Waals surface area contributed by atoms with Gasteiger partial charge < -0.3 is 9.52 Å². The van der Waals surface area contributed by atoms with E-state index in [0.29, 0.717) is 4.47 Å². The molecule has 1 N–H and O–H groups in total. The fourth-order valence-electron chi connectivity index (χ4n) is 1.71. The monoisotopic (exact) mass is 352 g/mol. The van der Waals surface area contributed by atoms with Crippen molar-refractivity contribution in [1.82, 2.24) is 0 Å². The van der Waals surface area contributed by atoms with Crippen LogP contribution in [0.4, 0.5) is 4.39 Å². The van der Waals surface area contributed by atoms with Gasteiger partial charge in [0.05, 0.1) is 0 Å². The number of ketones is 1. The molecule has 21 heavy (non-hydrogen) atoms. The average molecular weight is 353 g/mol. The Morgan fingerprint density at radius 1 is 1.38 bits per heavy atom. The van der Waals surface area contributed by atoms with Gasteiger partial charge in [0, 0.05) is 16.1 Å². The van der Waals surface area contributed by atoms with Crippen LogP contribution >= 0.6 is 15.9 Å². The van der Waals surface area contributed by atoms with Gasteiger partial charge in [-0.2, -0.15) is 0 Å². The molecule has 0 aliphatic carbocycles. The van der Waals surface area contributed by atoms with E-state index in [1.807, 2.05) is 0 Å². The molecule has 1 aromatic carbocycles. The number of aromatic hydroxyl groups is 1. The van der Waals surface area contributed by atoms with Crippen molar-refractivity contribution >= 4 is 27.8 Å². The van der Waals surface area contributed by atoms with Crippen molar-refractivity contribution in [1.29, 1.82) is 0 Å². The molecule has 0 aliphatic rings. The summed E-state index contributed by atoms with van der Waals surface area (Å²) in [5.74, 6) is -1.55. The molecule has 0 bridgehead atoms. The third-order valence-corrected chi connectivity index (χ3v) is 3.17. The number of hydrogen-bond donors (Lipinski definition) is 1. The molecule has 2 aromatic rings. The first-order valence-corrected chi connectivity index (χ1v) is 6.69. The number of carbonyl (C=O) groups is 1. The van der Waals surface area contributed by atoms with Gasteiger partial charge in [-0.15, -0.1) is 0 Å². The minimum atomic E-state index is -0.933. The molecule has 6 heteroatoms. The van der Waals surface area contributed by atoms with Crippen LogP contribution in [0.3, 0.4) is 0 Å². The molecule has 108 valence electrons. The molecule has 0 fully saturated rings.